The Kier molecular flexibility index (Phi) is 11.9. The quantitative estimate of drug-likeness (QED) is 0.331. The van der Waals surface area contributed by atoms with Gasteiger partial charge < -0.3 is 25.2 Å². The monoisotopic (exact) mass is 534 g/mol. The smallest absolute Gasteiger partial charge is 0.248 e. The van der Waals surface area contributed by atoms with Gasteiger partial charge in [-0.1, -0.05) is 52.2 Å². The lowest BCUT2D eigenvalue weighted by atomic mass is 9.99. The van der Waals surface area contributed by atoms with E-state index in [1.54, 1.807) is 13.2 Å². The minimum atomic E-state index is -0.487. The minimum absolute atomic E-state index is 0.0565. The molecule has 1 aliphatic rings. The van der Waals surface area contributed by atoms with E-state index in [0.717, 1.165) is 74.4 Å². The third kappa shape index (κ3) is 8.59. The van der Waals surface area contributed by atoms with Crippen LogP contribution in [-0.2, 0) is 11.2 Å². The van der Waals surface area contributed by atoms with Crippen LogP contribution in [0.5, 0.6) is 5.75 Å². The molecule has 7 nitrogen and oxygen atoms in total. The first kappa shape index (κ1) is 30.2. The van der Waals surface area contributed by atoms with Crippen molar-refractivity contribution in [3.05, 3.63) is 65.7 Å². The predicted molar refractivity (Wildman–Crippen MR) is 160 cm³/mol. The van der Waals surface area contributed by atoms with E-state index < -0.39 is 5.91 Å². The highest BCUT2D eigenvalue weighted by molar-refractivity contribution is 5.96. The van der Waals surface area contributed by atoms with Gasteiger partial charge in [0.15, 0.2) is 0 Å². The average molecular weight is 535 g/mol. The molecule has 39 heavy (non-hydrogen) atoms. The zero-order valence-electron chi connectivity index (χ0n) is 24.1. The molecule has 0 radical (unpaired) electrons. The molecule has 1 saturated heterocycles. The Hall–Kier alpha value is -3.32. The van der Waals surface area contributed by atoms with Gasteiger partial charge in [0.2, 0.25) is 11.8 Å². The van der Waals surface area contributed by atoms with Crippen LogP contribution in [0.1, 0.15) is 73.9 Å². The van der Waals surface area contributed by atoms with Gasteiger partial charge in [0.05, 0.1) is 7.11 Å². The van der Waals surface area contributed by atoms with Gasteiger partial charge in [0.25, 0.3) is 0 Å². The van der Waals surface area contributed by atoms with E-state index in [2.05, 4.69) is 25.3 Å². The fraction of sp³-hybridized carbons (Fsp3) is 0.500. The molecular formula is C32H46N4O3. The van der Waals surface area contributed by atoms with Gasteiger partial charge in [-0.25, -0.2) is 0 Å². The second kappa shape index (κ2) is 15.3. The Labute approximate surface area is 234 Å². The van der Waals surface area contributed by atoms with Crippen molar-refractivity contribution in [2.45, 2.75) is 58.8 Å². The van der Waals surface area contributed by atoms with Crippen LogP contribution in [-0.4, -0.2) is 68.0 Å². The number of benzene rings is 2. The molecule has 2 amide bonds. The van der Waals surface area contributed by atoms with E-state index in [1.165, 1.54) is 19.3 Å². The fourth-order valence-corrected chi connectivity index (χ4v) is 5.14. The molecule has 0 aromatic heterocycles. The van der Waals surface area contributed by atoms with Crippen molar-refractivity contribution in [1.29, 1.82) is 0 Å². The van der Waals surface area contributed by atoms with Crippen LogP contribution in [0.2, 0.25) is 0 Å². The number of ether oxygens (including phenoxy) is 1. The largest absolute Gasteiger partial charge is 0.497 e. The number of nitrogens with two attached hydrogens (primary N) is 1. The Morgan fingerprint density at radius 3 is 2.33 bits per heavy atom. The zero-order chi connectivity index (χ0) is 28.2. The maximum Gasteiger partial charge on any atom is 0.248 e. The summed E-state index contributed by atoms with van der Waals surface area (Å²) in [5.41, 5.74) is 9.61. The van der Waals surface area contributed by atoms with Crippen molar-refractivity contribution in [3.8, 4) is 5.75 Å². The van der Waals surface area contributed by atoms with Crippen molar-refractivity contribution >= 4 is 23.2 Å². The summed E-state index contributed by atoms with van der Waals surface area (Å²) in [4.78, 5) is 32.2. The highest BCUT2D eigenvalue weighted by atomic mass is 16.5. The van der Waals surface area contributed by atoms with Crippen LogP contribution in [0.3, 0.4) is 0 Å². The number of methoxy groups -OCH3 is 1. The molecule has 0 bridgehead atoms. The van der Waals surface area contributed by atoms with Gasteiger partial charge in [0.1, 0.15) is 12.3 Å². The molecule has 1 fully saturated rings. The third-order valence-corrected chi connectivity index (χ3v) is 7.64. The molecule has 7 heteroatoms. The predicted octanol–water partition coefficient (Wildman–Crippen LogP) is 5.34. The first-order valence-electron chi connectivity index (χ1n) is 14.4. The van der Waals surface area contributed by atoms with Crippen LogP contribution in [0, 0.1) is 0 Å². The molecule has 1 aliphatic heterocycles. The number of hydrogen-bond donors (Lipinski definition) is 1. The fourth-order valence-electron chi connectivity index (χ4n) is 5.14. The van der Waals surface area contributed by atoms with E-state index in [4.69, 9.17) is 10.5 Å². The van der Waals surface area contributed by atoms with Crippen molar-refractivity contribution in [3.63, 3.8) is 0 Å². The maximum atomic E-state index is 13.7. The lowest BCUT2D eigenvalue weighted by Crippen LogP contribution is -2.42. The zero-order valence-corrected chi connectivity index (χ0v) is 24.1. The van der Waals surface area contributed by atoms with Crippen LogP contribution in [0.25, 0.3) is 5.70 Å². The van der Waals surface area contributed by atoms with Gasteiger partial charge in [-0.3, -0.25) is 9.59 Å². The van der Waals surface area contributed by atoms with Crippen LogP contribution in [0.4, 0.5) is 5.69 Å². The summed E-state index contributed by atoms with van der Waals surface area (Å²) < 4.78 is 5.34. The van der Waals surface area contributed by atoms with E-state index in [0.29, 0.717) is 17.8 Å². The molecule has 1 heterocycles. The van der Waals surface area contributed by atoms with Gasteiger partial charge in [-0.2, -0.15) is 0 Å². The number of unbranched alkanes of at least 4 members (excludes halogenated alkanes) is 4. The topological polar surface area (TPSA) is 79.1 Å². The summed E-state index contributed by atoms with van der Waals surface area (Å²) in [6, 6.07) is 13.3. The average Bonchev–Trinajstić information content (AvgIpc) is 3.21. The summed E-state index contributed by atoms with van der Waals surface area (Å²) in [6.45, 7) is 13.3. The number of nitrogens with zero attached hydrogens (tertiary/aromatic N) is 3. The van der Waals surface area contributed by atoms with Gasteiger partial charge >= 0.3 is 0 Å². The SMILES string of the molecule is C=C(c1ccc(OC)cc1)N(CC(=O)N1CCCN(CC)CC1)c1cc(C(N)=O)ccc1CCCCCCC. The van der Waals surface area contributed by atoms with Crippen molar-refractivity contribution in [1.82, 2.24) is 9.80 Å². The molecule has 2 N–H and O–H groups in total. The number of rotatable bonds is 14. The molecule has 0 atom stereocenters. The molecule has 212 valence electrons. The number of amides is 2. The molecule has 2 aromatic carbocycles. The Bertz CT molecular complexity index is 1100. The number of anilines is 1. The summed E-state index contributed by atoms with van der Waals surface area (Å²) in [5.74, 6) is 0.322. The van der Waals surface area contributed by atoms with Crippen molar-refractivity contribution in [2.24, 2.45) is 5.73 Å². The van der Waals surface area contributed by atoms with Crippen LogP contribution in [0.15, 0.2) is 49.0 Å². The van der Waals surface area contributed by atoms with Crippen LogP contribution >= 0.6 is 0 Å². The molecule has 0 unspecified atom stereocenters. The molecule has 0 aliphatic carbocycles. The first-order valence-corrected chi connectivity index (χ1v) is 14.4. The third-order valence-electron chi connectivity index (χ3n) is 7.64. The summed E-state index contributed by atoms with van der Waals surface area (Å²) in [6.07, 6.45) is 7.63. The summed E-state index contributed by atoms with van der Waals surface area (Å²) >= 11 is 0. The standard InChI is InChI=1S/C32H46N4O3/c1-5-7-8-9-10-12-27-13-14-28(32(33)38)23-30(27)36(25(3)26-15-17-29(39-4)18-16-26)24-31(37)35-20-11-19-34(6-2)21-22-35/h13-18,23H,3,5-12,19-22,24H2,1-2,4H3,(H2,33,38). The number of likely N-dealkylation sites (N-methyl/N-ethyl adjacent to an activating group) is 1. The lowest BCUT2D eigenvalue weighted by molar-refractivity contribution is -0.129. The molecule has 2 aromatic rings. The highest BCUT2D eigenvalue weighted by Crippen LogP contribution is 2.32. The van der Waals surface area contributed by atoms with Crippen molar-refractivity contribution in [2.75, 3.05) is 51.3 Å². The Balaban J connectivity index is 1.96. The van der Waals surface area contributed by atoms with E-state index in [1.807, 2.05) is 46.2 Å². The van der Waals surface area contributed by atoms with E-state index >= 15 is 0 Å². The summed E-state index contributed by atoms with van der Waals surface area (Å²) in [5, 5.41) is 0. The lowest BCUT2D eigenvalue weighted by Gasteiger charge is -2.31. The Morgan fingerprint density at radius 2 is 1.67 bits per heavy atom. The number of carbonyl (C=O) groups is 2. The van der Waals surface area contributed by atoms with E-state index in [9.17, 15) is 9.59 Å². The number of carbonyl (C=O) groups excluding carboxylic acids is 2. The molecule has 3 rings (SSSR count). The maximum absolute atomic E-state index is 13.7. The molecular weight excluding hydrogens is 488 g/mol. The van der Waals surface area contributed by atoms with E-state index in [-0.39, 0.29) is 12.5 Å². The Morgan fingerprint density at radius 1 is 0.949 bits per heavy atom. The number of primary amides is 1. The number of aryl methyl sites for hydroxylation is 1. The second-order valence-electron chi connectivity index (χ2n) is 10.3. The summed E-state index contributed by atoms with van der Waals surface area (Å²) in [7, 11) is 1.64. The van der Waals surface area contributed by atoms with Gasteiger partial charge in [0, 0.05) is 36.6 Å². The number of hydrogen-bond acceptors (Lipinski definition) is 5. The van der Waals surface area contributed by atoms with Gasteiger partial charge in [-0.15, -0.1) is 0 Å². The highest BCUT2D eigenvalue weighted by Gasteiger charge is 2.25. The minimum Gasteiger partial charge on any atom is -0.497 e. The van der Waals surface area contributed by atoms with Crippen molar-refractivity contribution < 1.29 is 14.3 Å². The second-order valence-corrected chi connectivity index (χ2v) is 10.3. The first-order chi connectivity index (χ1) is 18.9. The molecule has 0 saturated carbocycles. The normalized spacial score (nSPS) is 14.1. The molecule has 0 spiro atoms. The van der Waals surface area contributed by atoms with Crippen LogP contribution < -0.4 is 15.4 Å². The van der Waals surface area contributed by atoms with Gasteiger partial charge in [-0.05, 0) is 79.9 Å².